The van der Waals surface area contributed by atoms with Crippen molar-refractivity contribution in [1.82, 2.24) is 15.5 Å². The average Bonchev–Trinajstić information content (AvgIpc) is 2.95. The maximum absolute atomic E-state index is 12.0. The topological polar surface area (TPSA) is 61.4 Å². The van der Waals surface area contributed by atoms with Gasteiger partial charge in [-0.15, -0.1) is 0 Å². The summed E-state index contributed by atoms with van der Waals surface area (Å²) < 4.78 is 0. The highest BCUT2D eigenvalue weighted by atomic mass is 16.2. The first-order valence-corrected chi connectivity index (χ1v) is 6.93. The molecule has 0 aromatic rings. The van der Waals surface area contributed by atoms with Gasteiger partial charge >= 0.3 is 0 Å². The highest BCUT2D eigenvalue weighted by molar-refractivity contribution is 5.79. The fourth-order valence-corrected chi connectivity index (χ4v) is 2.87. The predicted molar refractivity (Wildman–Crippen MR) is 69.1 cm³/mol. The fraction of sp³-hybridized carbons (Fsp3) is 0.846. The lowest BCUT2D eigenvalue weighted by molar-refractivity contribution is -0.129. The van der Waals surface area contributed by atoms with Crippen LogP contribution >= 0.6 is 0 Å². The molecule has 0 radical (unpaired) electrons. The Morgan fingerprint density at radius 3 is 2.56 bits per heavy atom. The largest absolute Gasteiger partial charge is 0.352 e. The molecule has 102 valence electrons. The number of hydrogen-bond donors (Lipinski definition) is 2. The number of hydrogen-bond acceptors (Lipinski definition) is 3. The fourth-order valence-electron chi connectivity index (χ4n) is 2.87. The number of rotatable bonds is 4. The molecule has 0 aromatic heterocycles. The van der Waals surface area contributed by atoms with Crippen LogP contribution in [0.2, 0.25) is 0 Å². The second-order valence-electron chi connectivity index (χ2n) is 5.39. The van der Waals surface area contributed by atoms with Gasteiger partial charge in [-0.1, -0.05) is 12.8 Å². The Morgan fingerprint density at radius 2 is 1.89 bits per heavy atom. The van der Waals surface area contributed by atoms with Crippen LogP contribution in [0, 0.1) is 0 Å². The lowest BCUT2D eigenvalue weighted by Gasteiger charge is -2.19. The van der Waals surface area contributed by atoms with Crippen molar-refractivity contribution >= 4 is 11.8 Å². The van der Waals surface area contributed by atoms with E-state index in [1.54, 1.807) is 0 Å². The smallest absolute Gasteiger partial charge is 0.236 e. The molecule has 18 heavy (non-hydrogen) atoms. The molecule has 1 heterocycles. The molecule has 2 rings (SSSR count). The van der Waals surface area contributed by atoms with E-state index in [1.807, 2.05) is 4.90 Å². The van der Waals surface area contributed by atoms with Crippen LogP contribution in [0.15, 0.2) is 0 Å². The molecule has 0 bridgehead atoms. The molecule has 1 aliphatic carbocycles. The van der Waals surface area contributed by atoms with Crippen molar-refractivity contribution in [2.45, 2.75) is 51.1 Å². The number of nitrogens with zero attached hydrogens (tertiary/aromatic N) is 1. The van der Waals surface area contributed by atoms with Crippen LogP contribution in [-0.4, -0.2) is 48.4 Å². The molecule has 1 unspecified atom stereocenters. The highest BCUT2D eigenvalue weighted by Gasteiger charge is 2.26. The zero-order valence-electron chi connectivity index (χ0n) is 11.1. The van der Waals surface area contributed by atoms with Gasteiger partial charge < -0.3 is 15.5 Å². The first-order valence-electron chi connectivity index (χ1n) is 6.93. The van der Waals surface area contributed by atoms with E-state index >= 15 is 0 Å². The number of carbonyl (C=O) groups is 2. The molecule has 5 heteroatoms. The zero-order chi connectivity index (χ0) is 13.0. The van der Waals surface area contributed by atoms with Crippen LogP contribution in [0.5, 0.6) is 0 Å². The SMILES string of the molecule is CC(=O)NC1CCN(C(=O)CNC2CCCC2)C1. The van der Waals surface area contributed by atoms with E-state index in [0.29, 0.717) is 19.1 Å². The predicted octanol–water partition coefficient (Wildman–Crippen LogP) is 0.256. The minimum absolute atomic E-state index is 0.0154. The van der Waals surface area contributed by atoms with E-state index in [9.17, 15) is 9.59 Å². The van der Waals surface area contributed by atoms with Gasteiger partial charge in [0.1, 0.15) is 0 Å². The van der Waals surface area contributed by atoms with Crippen LogP contribution in [0.25, 0.3) is 0 Å². The minimum Gasteiger partial charge on any atom is -0.352 e. The summed E-state index contributed by atoms with van der Waals surface area (Å²) in [5, 5.41) is 6.21. The van der Waals surface area contributed by atoms with E-state index in [1.165, 1.54) is 32.6 Å². The van der Waals surface area contributed by atoms with E-state index < -0.39 is 0 Å². The van der Waals surface area contributed by atoms with Gasteiger partial charge in [-0.3, -0.25) is 9.59 Å². The summed E-state index contributed by atoms with van der Waals surface area (Å²) in [6.45, 7) is 3.38. The van der Waals surface area contributed by atoms with Crippen molar-refractivity contribution in [2.75, 3.05) is 19.6 Å². The Balaban J connectivity index is 1.68. The Hall–Kier alpha value is -1.10. The van der Waals surface area contributed by atoms with Crippen molar-refractivity contribution in [2.24, 2.45) is 0 Å². The normalized spacial score (nSPS) is 24.5. The monoisotopic (exact) mass is 253 g/mol. The quantitative estimate of drug-likeness (QED) is 0.755. The second kappa shape index (κ2) is 6.18. The van der Waals surface area contributed by atoms with Gasteiger partial charge in [-0.25, -0.2) is 0 Å². The molecular weight excluding hydrogens is 230 g/mol. The summed E-state index contributed by atoms with van der Waals surface area (Å²) in [7, 11) is 0. The molecule has 0 spiro atoms. The Morgan fingerprint density at radius 1 is 1.17 bits per heavy atom. The lowest BCUT2D eigenvalue weighted by Crippen LogP contribution is -2.42. The third-order valence-corrected chi connectivity index (χ3v) is 3.85. The third kappa shape index (κ3) is 3.70. The number of amides is 2. The molecule has 1 saturated carbocycles. The molecule has 2 N–H and O–H groups in total. The average molecular weight is 253 g/mol. The van der Waals surface area contributed by atoms with Gasteiger partial charge in [-0.2, -0.15) is 0 Å². The molecule has 5 nitrogen and oxygen atoms in total. The summed E-state index contributed by atoms with van der Waals surface area (Å²) >= 11 is 0. The van der Waals surface area contributed by atoms with Crippen molar-refractivity contribution in [3.63, 3.8) is 0 Å². The molecule has 0 aromatic carbocycles. The van der Waals surface area contributed by atoms with Crippen LogP contribution in [0.3, 0.4) is 0 Å². The Kier molecular flexibility index (Phi) is 4.58. The molecule has 2 aliphatic rings. The maximum Gasteiger partial charge on any atom is 0.236 e. The van der Waals surface area contributed by atoms with Gasteiger partial charge in [0.2, 0.25) is 11.8 Å². The maximum atomic E-state index is 12.0. The van der Waals surface area contributed by atoms with Crippen LogP contribution in [0.1, 0.15) is 39.0 Å². The van der Waals surface area contributed by atoms with Crippen LogP contribution in [0.4, 0.5) is 0 Å². The second-order valence-corrected chi connectivity index (χ2v) is 5.39. The third-order valence-electron chi connectivity index (χ3n) is 3.85. The van der Waals surface area contributed by atoms with Gasteiger partial charge in [0, 0.05) is 32.1 Å². The van der Waals surface area contributed by atoms with Gasteiger partial charge in [0.05, 0.1) is 6.54 Å². The first kappa shape index (κ1) is 13.3. The number of likely N-dealkylation sites (tertiary alicyclic amines) is 1. The molecule has 1 atom stereocenters. The highest BCUT2D eigenvalue weighted by Crippen LogP contribution is 2.17. The van der Waals surface area contributed by atoms with Gasteiger partial charge in [-0.05, 0) is 19.3 Å². The van der Waals surface area contributed by atoms with Gasteiger partial charge in [0.15, 0.2) is 0 Å². The molecule has 2 amide bonds. The minimum atomic E-state index is -0.0154. The number of nitrogens with one attached hydrogen (secondary N) is 2. The standard InChI is InChI=1S/C13H23N3O2/c1-10(17)15-12-6-7-16(9-12)13(18)8-14-11-4-2-3-5-11/h11-12,14H,2-9H2,1H3,(H,15,17). The van der Waals surface area contributed by atoms with E-state index in [-0.39, 0.29) is 17.9 Å². The van der Waals surface area contributed by atoms with E-state index in [2.05, 4.69) is 10.6 Å². The molecule has 1 aliphatic heterocycles. The van der Waals surface area contributed by atoms with Crippen LogP contribution < -0.4 is 10.6 Å². The Labute approximate surface area is 108 Å². The van der Waals surface area contributed by atoms with E-state index in [4.69, 9.17) is 0 Å². The first-order chi connectivity index (χ1) is 8.65. The van der Waals surface area contributed by atoms with Crippen molar-refractivity contribution in [3.05, 3.63) is 0 Å². The summed E-state index contributed by atoms with van der Waals surface area (Å²) in [5.74, 6) is 0.146. The summed E-state index contributed by atoms with van der Waals surface area (Å²) in [5.41, 5.74) is 0. The van der Waals surface area contributed by atoms with Crippen molar-refractivity contribution in [1.29, 1.82) is 0 Å². The number of carbonyl (C=O) groups excluding carboxylic acids is 2. The van der Waals surface area contributed by atoms with Gasteiger partial charge in [0.25, 0.3) is 0 Å². The zero-order valence-corrected chi connectivity index (χ0v) is 11.1. The van der Waals surface area contributed by atoms with E-state index in [0.717, 1.165) is 13.0 Å². The Bertz CT molecular complexity index is 313. The van der Waals surface area contributed by atoms with Crippen molar-refractivity contribution in [3.8, 4) is 0 Å². The van der Waals surface area contributed by atoms with Crippen LogP contribution in [-0.2, 0) is 9.59 Å². The van der Waals surface area contributed by atoms with Crippen molar-refractivity contribution < 1.29 is 9.59 Å². The summed E-state index contributed by atoms with van der Waals surface area (Å²) in [6.07, 6.45) is 5.82. The summed E-state index contributed by atoms with van der Waals surface area (Å²) in [6, 6.07) is 0.667. The summed E-state index contributed by atoms with van der Waals surface area (Å²) in [4.78, 5) is 24.8. The lowest BCUT2D eigenvalue weighted by atomic mass is 10.2. The molecule has 1 saturated heterocycles. The molecule has 2 fully saturated rings. The molecular formula is C13H23N3O2.